The Bertz CT molecular complexity index is 849. The van der Waals surface area contributed by atoms with Gasteiger partial charge in [-0.1, -0.05) is 12.1 Å². The van der Waals surface area contributed by atoms with Crippen LogP contribution in [0.15, 0.2) is 41.6 Å². The van der Waals surface area contributed by atoms with Crippen LogP contribution in [-0.4, -0.2) is 43.9 Å². The van der Waals surface area contributed by atoms with Gasteiger partial charge in [0.05, 0.1) is 4.90 Å². The first-order chi connectivity index (χ1) is 12.3. The molecule has 1 aromatic heterocycles. The molecule has 0 bridgehead atoms. The number of carbonyl (C=O) groups is 1. The van der Waals surface area contributed by atoms with E-state index in [9.17, 15) is 13.2 Å². The monoisotopic (exact) mass is 377 g/mol. The minimum absolute atomic E-state index is 0.0650. The number of amides is 1. The molecule has 0 saturated carbocycles. The van der Waals surface area contributed by atoms with Crippen molar-refractivity contribution in [2.75, 3.05) is 24.5 Å². The number of nitrogens with two attached hydrogens (primary N) is 1. The number of carbonyl (C=O) groups excluding carboxylic acids is 1. The van der Waals surface area contributed by atoms with Crippen molar-refractivity contribution >= 4 is 21.7 Å². The Kier molecular flexibility index (Phi) is 6.64. The van der Waals surface area contributed by atoms with Crippen LogP contribution in [-0.2, 0) is 16.4 Å². The highest BCUT2D eigenvalue weighted by atomic mass is 32.2. The van der Waals surface area contributed by atoms with E-state index >= 15 is 0 Å². The predicted octanol–water partition coefficient (Wildman–Crippen LogP) is 0.943. The lowest BCUT2D eigenvalue weighted by molar-refractivity contribution is 0.0949. The molecule has 9 heteroatoms. The van der Waals surface area contributed by atoms with Crippen LogP contribution in [0.25, 0.3) is 0 Å². The molecule has 0 radical (unpaired) electrons. The van der Waals surface area contributed by atoms with Gasteiger partial charge in [-0.2, -0.15) is 0 Å². The number of hydrogen-bond donors (Lipinski definition) is 2. The van der Waals surface area contributed by atoms with Gasteiger partial charge in [0.15, 0.2) is 0 Å². The minimum Gasteiger partial charge on any atom is -0.357 e. The molecule has 0 unspecified atom stereocenters. The number of nitrogens with zero attached hydrogens (tertiary/aromatic N) is 3. The van der Waals surface area contributed by atoms with Crippen LogP contribution in [0.1, 0.15) is 29.9 Å². The van der Waals surface area contributed by atoms with Crippen LogP contribution in [0.4, 0.5) is 5.82 Å². The third-order valence-electron chi connectivity index (χ3n) is 3.92. The summed E-state index contributed by atoms with van der Waals surface area (Å²) in [7, 11) is -3.69. The van der Waals surface area contributed by atoms with E-state index in [-0.39, 0.29) is 10.8 Å². The lowest BCUT2D eigenvalue weighted by Gasteiger charge is -2.19. The molecule has 26 heavy (non-hydrogen) atoms. The fourth-order valence-corrected chi connectivity index (χ4v) is 2.96. The maximum Gasteiger partial charge on any atom is 0.270 e. The fourth-order valence-electron chi connectivity index (χ4n) is 2.45. The van der Waals surface area contributed by atoms with Crippen molar-refractivity contribution in [1.29, 1.82) is 0 Å². The Hall–Kier alpha value is -2.52. The molecule has 0 aliphatic heterocycles. The van der Waals surface area contributed by atoms with Crippen molar-refractivity contribution in [1.82, 2.24) is 15.3 Å². The Labute approximate surface area is 153 Å². The zero-order chi connectivity index (χ0) is 19.2. The molecule has 140 valence electrons. The molecule has 2 rings (SSSR count). The van der Waals surface area contributed by atoms with E-state index in [1.807, 2.05) is 18.7 Å². The van der Waals surface area contributed by atoms with Gasteiger partial charge >= 0.3 is 0 Å². The molecule has 3 N–H and O–H groups in total. The van der Waals surface area contributed by atoms with Crippen LogP contribution in [0.2, 0.25) is 0 Å². The lowest BCUT2D eigenvalue weighted by atomic mass is 10.1. The van der Waals surface area contributed by atoms with E-state index in [0.29, 0.717) is 24.5 Å². The van der Waals surface area contributed by atoms with E-state index < -0.39 is 10.0 Å². The van der Waals surface area contributed by atoms with E-state index in [1.54, 1.807) is 18.2 Å². The maximum absolute atomic E-state index is 12.3. The van der Waals surface area contributed by atoms with Crippen molar-refractivity contribution < 1.29 is 13.2 Å². The van der Waals surface area contributed by atoms with Crippen LogP contribution >= 0.6 is 0 Å². The molecule has 1 aromatic carbocycles. The Morgan fingerprint density at radius 3 is 2.38 bits per heavy atom. The molecule has 1 amide bonds. The summed E-state index contributed by atoms with van der Waals surface area (Å²) in [4.78, 5) is 22.6. The third-order valence-corrected chi connectivity index (χ3v) is 4.85. The predicted molar refractivity (Wildman–Crippen MR) is 99.4 cm³/mol. The SMILES string of the molecule is CCN(CC)c1cc(C(=O)NCCc2ccc(S(N)(=O)=O)cc2)ncn1. The Morgan fingerprint density at radius 2 is 1.81 bits per heavy atom. The van der Waals surface area contributed by atoms with Gasteiger partial charge < -0.3 is 10.2 Å². The van der Waals surface area contributed by atoms with Crippen LogP contribution in [0.5, 0.6) is 0 Å². The van der Waals surface area contributed by atoms with Crippen molar-refractivity contribution in [2.24, 2.45) is 5.14 Å². The molecule has 0 atom stereocenters. The van der Waals surface area contributed by atoms with Crippen molar-refractivity contribution in [3.8, 4) is 0 Å². The normalized spacial score (nSPS) is 11.2. The summed E-state index contributed by atoms with van der Waals surface area (Å²) in [6, 6.07) is 7.92. The topological polar surface area (TPSA) is 118 Å². The van der Waals surface area contributed by atoms with E-state index in [4.69, 9.17) is 5.14 Å². The number of hydrogen-bond acceptors (Lipinski definition) is 6. The number of nitrogens with one attached hydrogen (secondary N) is 1. The zero-order valence-corrected chi connectivity index (χ0v) is 15.7. The van der Waals surface area contributed by atoms with Crippen molar-refractivity contribution in [3.63, 3.8) is 0 Å². The van der Waals surface area contributed by atoms with E-state index in [1.165, 1.54) is 18.5 Å². The van der Waals surface area contributed by atoms with Crippen LogP contribution < -0.4 is 15.4 Å². The summed E-state index contributed by atoms with van der Waals surface area (Å²) in [6.07, 6.45) is 1.94. The number of rotatable bonds is 8. The zero-order valence-electron chi connectivity index (χ0n) is 14.8. The molecule has 8 nitrogen and oxygen atoms in total. The van der Waals surface area contributed by atoms with Crippen molar-refractivity contribution in [3.05, 3.63) is 47.9 Å². The van der Waals surface area contributed by atoms with E-state index in [0.717, 1.165) is 18.7 Å². The Balaban J connectivity index is 1.94. The molecule has 0 saturated heterocycles. The summed E-state index contributed by atoms with van der Waals surface area (Å²) >= 11 is 0. The highest BCUT2D eigenvalue weighted by molar-refractivity contribution is 7.89. The number of sulfonamides is 1. The largest absolute Gasteiger partial charge is 0.357 e. The molecule has 2 aromatic rings. The van der Waals surface area contributed by atoms with Gasteiger partial charge in [-0.3, -0.25) is 4.79 Å². The quantitative estimate of drug-likeness (QED) is 0.707. The summed E-state index contributed by atoms with van der Waals surface area (Å²) < 4.78 is 22.5. The number of benzene rings is 1. The highest BCUT2D eigenvalue weighted by Gasteiger charge is 2.11. The standard InChI is InChI=1S/C17H23N5O3S/c1-3-22(4-2)16-11-15(20-12-21-16)17(23)19-10-9-13-5-7-14(8-6-13)26(18,24)25/h5-8,11-12H,3-4,9-10H2,1-2H3,(H,19,23)(H2,18,24,25). The highest BCUT2D eigenvalue weighted by Crippen LogP contribution is 2.11. The van der Waals surface area contributed by atoms with Gasteiger partial charge in [0, 0.05) is 25.7 Å². The summed E-state index contributed by atoms with van der Waals surface area (Å²) in [6.45, 7) is 6.03. The smallest absolute Gasteiger partial charge is 0.270 e. The van der Waals surface area contributed by atoms with Crippen LogP contribution in [0, 0.1) is 0 Å². The summed E-state index contributed by atoms with van der Waals surface area (Å²) in [5, 5.41) is 7.87. The first-order valence-electron chi connectivity index (χ1n) is 8.32. The minimum atomic E-state index is -3.69. The molecular formula is C17H23N5O3S. The van der Waals surface area contributed by atoms with Crippen molar-refractivity contribution in [2.45, 2.75) is 25.2 Å². The Morgan fingerprint density at radius 1 is 1.15 bits per heavy atom. The van der Waals surface area contributed by atoms with Gasteiger partial charge in [0.2, 0.25) is 10.0 Å². The lowest BCUT2D eigenvalue weighted by Crippen LogP contribution is -2.28. The van der Waals surface area contributed by atoms with E-state index in [2.05, 4.69) is 15.3 Å². The fraction of sp³-hybridized carbons (Fsp3) is 0.353. The average molecular weight is 377 g/mol. The number of aromatic nitrogens is 2. The van der Waals surface area contributed by atoms with Gasteiger partial charge in [0.25, 0.3) is 5.91 Å². The van der Waals surface area contributed by atoms with Gasteiger partial charge in [-0.25, -0.2) is 23.5 Å². The van der Waals surface area contributed by atoms with Crippen LogP contribution in [0.3, 0.4) is 0 Å². The molecule has 1 heterocycles. The second-order valence-electron chi connectivity index (χ2n) is 5.63. The van der Waals surface area contributed by atoms with Gasteiger partial charge in [0.1, 0.15) is 17.8 Å². The number of primary sulfonamides is 1. The third kappa shape index (κ3) is 5.24. The molecule has 0 spiro atoms. The number of anilines is 1. The molecule has 0 fully saturated rings. The maximum atomic E-state index is 12.3. The second kappa shape index (κ2) is 8.72. The van der Waals surface area contributed by atoms with Gasteiger partial charge in [-0.15, -0.1) is 0 Å². The average Bonchev–Trinajstić information content (AvgIpc) is 2.62. The second-order valence-corrected chi connectivity index (χ2v) is 7.19. The summed E-state index contributed by atoms with van der Waals surface area (Å²) in [5.41, 5.74) is 1.20. The first kappa shape index (κ1) is 19.8. The molecule has 0 aliphatic rings. The molecular weight excluding hydrogens is 354 g/mol. The van der Waals surface area contributed by atoms with Gasteiger partial charge in [-0.05, 0) is 38.0 Å². The summed E-state index contributed by atoms with van der Waals surface area (Å²) in [5.74, 6) is 0.440. The molecule has 0 aliphatic carbocycles. The first-order valence-corrected chi connectivity index (χ1v) is 9.86.